The third kappa shape index (κ3) is 3.92. The summed E-state index contributed by atoms with van der Waals surface area (Å²) in [7, 11) is 0. The van der Waals surface area contributed by atoms with E-state index in [1.807, 2.05) is 0 Å². The molecule has 2 nitrogen and oxygen atoms in total. The van der Waals surface area contributed by atoms with Gasteiger partial charge in [0.2, 0.25) is 0 Å². The van der Waals surface area contributed by atoms with Crippen LogP contribution in [0, 0.1) is 13.2 Å². The van der Waals surface area contributed by atoms with Crippen molar-refractivity contribution >= 4 is 0 Å². The van der Waals surface area contributed by atoms with Gasteiger partial charge in [0.05, 0.1) is 13.2 Å². The van der Waals surface area contributed by atoms with Crippen LogP contribution in [0.2, 0.25) is 0 Å². The molecule has 3 N–H and O–H groups in total. The fraction of sp³-hybridized carbons (Fsp3) is 0.333. The number of hydrogen-bond donors (Lipinski definition) is 2. The maximum atomic E-state index is 7.80. The van der Waals surface area contributed by atoms with Gasteiger partial charge in [-0.25, -0.2) is 0 Å². The Bertz CT molecular complexity index is 14.4. The van der Waals surface area contributed by atoms with Crippen LogP contribution in [0.15, 0.2) is 0 Å². The summed E-state index contributed by atoms with van der Waals surface area (Å²) in [6, 6.07) is 0. The Balaban J connectivity index is 2.19. The van der Waals surface area contributed by atoms with Crippen molar-refractivity contribution in [3.05, 3.63) is 13.2 Å². The van der Waals surface area contributed by atoms with Gasteiger partial charge in [0.15, 0.2) is 0 Å². The van der Waals surface area contributed by atoms with Crippen LogP contribution in [-0.2, 0) is 0 Å². The molecule has 0 spiro atoms. The molecule has 0 amide bonds. The normalized spacial score (nSPS) is 8.40. The maximum absolute atomic E-state index is 7.80. The Labute approximate surface area is 31.6 Å². The molecule has 29 valence electrons. The van der Waals surface area contributed by atoms with Gasteiger partial charge in [0.25, 0.3) is 0 Å². The van der Waals surface area contributed by atoms with E-state index in [1.165, 1.54) is 0 Å². The second-order valence-corrected chi connectivity index (χ2v) is 0.591. The Morgan fingerprint density at radius 2 is 2.60 bits per heavy atom. The molecule has 0 aliphatic carbocycles. The third-order valence-electron chi connectivity index (χ3n) is 0.209. The van der Waals surface area contributed by atoms with E-state index in [9.17, 15) is 0 Å². The zero-order valence-electron chi connectivity index (χ0n) is 2.81. The standard InChI is InChI=1S/C3H6NO/c4-2-1-3-5/h3,5H,1,4H2. The molecule has 0 aliphatic rings. The van der Waals surface area contributed by atoms with Crippen molar-refractivity contribution in [3.8, 4) is 0 Å². The van der Waals surface area contributed by atoms with Crippen LogP contribution in [0.25, 0.3) is 0 Å². The highest BCUT2D eigenvalue weighted by Gasteiger charge is 1.72. The molecule has 0 unspecified atom stereocenters. The van der Waals surface area contributed by atoms with Crippen LogP contribution in [0.5, 0.6) is 0 Å². The Morgan fingerprint density at radius 3 is 2.60 bits per heavy atom. The zero-order chi connectivity index (χ0) is 4.12. The summed E-state index contributed by atoms with van der Waals surface area (Å²) in [5.74, 6) is 0. The molecule has 3 radical (unpaired) electrons. The lowest BCUT2D eigenvalue weighted by atomic mass is 10.5. The molecule has 0 fully saturated rings. The first kappa shape index (κ1) is 4.92. The van der Waals surface area contributed by atoms with Gasteiger partial charge in [-0.3, -0.25) is 0 Å². The Morgan fingerprint density at radius 1 is 2.00 bits per heavy atom. The number of aliphatic hydroxyl groups is 1. The summed E-state index contributed by atoms with van der Waals surface area (Å²) in [5.41, 5.74) is 4.70. The van der Waals surface area contributed by atoms with Crippen molar-refractivity contribution in [2.24, 2.45) is 5.73 Å². The van der Waals surface area contributed by atoms with Crippen molar-refractivity contribution in [2.75, 3.05) is 0 Å². The van der Waals surface area contributed by atoms with Crippen LogP contribution in [0.4, 0.5) is 0 Å². The van der Waals surface area contributed by atoms with Crippen LogP contribution in [0.3, 0.4) is 0 Å². The van der Waals surface area contributed by atoms with Gasteiger partial charge in [0.1, 0.15) is 0 Å². The molecule has 0 rings (SSSR count). The lowest BCUT2D eigenvalue weighted by molar-refractivity contribution is 0.383. The van der Waals surface area contributed by atoms with Gasteiger partial charge >= 0.3 is 0 Å². The molecule has 0 heterocycles. The van der Waals surface area contributed by atoms with Gasteiger partial charge in [0, 0.05) is 0 Å². The molecule has 0 bridgehead atoms. The number of rotatable bonds is 2. The van der Waals surface area contributed by atoms with E-state index >= 15 is 0 Å². The summed E-state index contributed by atoms with van der Waals surface area (Å²) in [5, 5.41) is 7.80. The first-order valence-corrected chi connectivity index (χ1v) is 1.31. The molecule has 0 aromatic heterocycles. The van der Waals surface area contributed by atoms with Gasteiger partial charge in [-0.1, -0.05) is 0 Å². The molecule has 0 aromatic rings. The van der Waals surface area contributed by atoms with Crippen molar-refractivity contribution in [3.63, 3.8) is 0 Å². The van der Waals surface area contributed by atoms with Crippen LogP contribution in [0.1, 0.15) is 6.42 Å². The van der Waals surface area contributed by atoms with Crippen LogP contribution >= 0.6 is 0 Å². The van der Waals surface area contributed by atoms with E-state index in [0.29, 0.717) is 6.42 Å². The summed E-state index contributed by atoms with van der Waals surface area (Å²) in [6.45, 7) is 3.16. The van der Waals surface area contributed by atoms with E-state index in [-0.39, 0.29) is 0 Å². The fourth-order valence-corrected chi connectivity index (χ4v) is 0.0527. The van der Waals surface area contributed by atoms with Crippen LogP contribution < -0.4 is 5.73 Å². The monoisotopic (exact) mass is 72.0 g/mol. The van der Waals surface area contributed by atoms with Crippen molar-refractivity contribution in [1.29, 1.82) is 0 Å². The summed E-state index contributed by atoms with van der Waals surface area (Å²) in [4.78, 5) is 0. The highest BCUT2D eigenvalue weighted by molar-refractivity contribution is 4.57. The molecule has 0 aromatic carbocycles. The highest BCUT2D eigenvalue weighted by Crippen LogP contribution is 1.75. The number of hydrogen-bond acceptors (Lipinski definition) is 2. The molecule has 2 heteroatoms. The minimum Gasteiger partial charge on any atom is -0.390 e. The highest BCUT2D eigenvalue weighted by atomic mass is 16.2. The molecule has 0 aliphatic heterocycles. The smallest absolute Gasteiger partial charge is 0.0818 e. The minimum absolute atomic E-state index is 0.347. The Kier molecular flexibility index (Phi) is 3.86. The van der Waals surface area contributed by atoms with Gasteiger partial charge < -0.3 is 10.8 Å². The van der Waals surface area contributed by atoms with E-state index in [0.717, 1.165) is 6.61 Å². The summed E-state index contributed by atoms with van der Waals surface area (Å²) in [6.07, 6.45) is 0.347. The van der Waals surface area contributed by atoms with Gasteiger partial charge in [-0.2, -0.15) is 0 Å². The largest absolute Gasteiger partial charge is 0.390 e. The number of aliphatic hydroxyl groups excluding tert-OH is 1. The molecule has 0 atom stereocenters. The van der Waals surface area contributed by atoms with Gasteiger partial charge in [-0.05, 0) is 6.42 Å². The predicted molar refractivity (Wildman–Crippen MR) is 18.3 cm³/mol. The lowest BCUT2D eigenvalue weighted by Crippen LogP contribution is -1.88. The summed E-state index contributed by atoms with van der Waals surface area (Å²) >= 11 is 0. The molecular weight excluding hydrogens is 66.0 g/mol. The molecular formula is C3H6NO. The second kappa shape index (κ2) is 3.92. The molecule has 0 saturated heterocycles. The first-order valence-electron chi connectivity index (χ1n) is 1.31. The Hall–Kier alpha value is -0.0800. The summed E-state index contributed by atoms with van der Waals surface area (Å²) < 4.78 is 0. The SMILES string of the molecule is N[C]C[CH]O. The predicted octanol–water partition coefficient (Wildman–Crippen LogP) is -0.0917. The zero-order valence-corrected chi connectivity index (χ0v) is 2.81. The number of nitrogens with two attached hydrogens (primary N) is 1. The lowest BCUT2D eigenvalue weighted by Gasteiger charge is -1.77. The average Bonchev–Trinajstić information content (AvgIpc) is 1.41. The first-order chi connectivity index (χ1) is 2.41. The van der Waals surface area contributed by atoms with Gasteiger partial charge in [-0.15, -0.1) is 0 Å². The van der Waals surface area contributed by atoms with Crippen molar-refractivity contribution in [1.82, 2.24) is 0 Å². The van der Waals surface area contributed by atoms with Crippen LogP contribution in [-0.4, -0.2) is 5.11 Å². The third-order valence-corrected chi connectivity index (χ3v) is 0.209. The topological polar surface area (TPSA) is 46.2 Å². The molecule has 0 saturated carbocycles. The molecule has 5 heavy (non-hydrogen) atoms. The minimum atomic E-state index is 0.347. The van der Waals surface area contributed by atoms with E-state index in [4.69, 9.17) is 10.8 Å². The van der Waals surface area contributed by atoms with E-state index in [2.05, 4.69) is 6.54 Å². The van der Waals surface area contributed by atoms with Crippen molar-refractivity contribution in [2.45, 2.75) is 6.42 Å². The van der Waals surface area contributed by atoms with E-state index < -0.39 is 0 Å². The second-order valence-electron chi connectivity index (χ2n) is 0.591. The average molecular weight is 72.1 g/mol. The fourth-order valence-electron chi connectivity index (χ4n) is 0.0527. The maximum Gasteiger partial charge on any atom is 0.0818 e. The van der Waals surface area contributed by atoms with Crippen molar-refractivity contribution < 1.29 is 5.11 Å². The quantitative estimate of drug-likeness (QED) is 0.448. The van der Waals surface area contributed by atoms with E-state index in [1.54, 1.807) is 0 Å².